The summed E-state index contributed by atoms with van der Waals surface area (Å²) < 4.78 is 0. The lowest BCUT2D eigenvalue weighted by molar-refractivity contribution is -0.131. The maximum atomic E-state index is 10.1. The Labute approximate surface area is 86.4 Å². The molecule has 0 amide bonds. The maximum absolute atomic E-state index is 10.1. The fourth-order valence-corrected chi connectivity index (χ4v) is 0.949. The van der Waals surface area contributed by atoms with Crippen molar-refractivity contribution in [3.8, 4) is 11.5 Å². The van der Waals surface area contributed by atoms with Crippen molar-refractivity contribution >= 4 is 12.0 Å². The Balaban J connectivity index is 2.73. The van der Waals surface area contributed by atoms with Crippen molar-refractivity contribution in [3.05, 3.63) is 42.0 Å². The minimum Gasteiger partial charge on any atom is -0.504 e. The standard InChI is InChI=1S/C11H10O4/c12-9-6-5-8(7-10(9)13)3-1-2-4-11(14)15/h1-7,12-13H,(H,14,15)/b3-1+,4-2+. The van der Waals surface area contributed by atoms with Gasteiger partial charge in [0.15, 0.2) is 11.5 Å². The van der Waals surface area contributed by atoms with Crippen LogP contribution in [0.15, 0.2) is 36.4 Å². The summed E-state index contributed by atoms with van der Waals surface area (Å²) in [6, 6.07) is 4.33. The first kappa shape index (κ1) is 10.8. The van der Waals surface area contributed by atoms with E-state index in [0.29, 0.717) is 5.56 Å². The Morgan fingerprint density at radius 1 is 1.13 bits per heavy atom. The molecular weight excluding hydrogens is 196 g/mol. The van der Waals surface area contributed by atoms with Crippen LogP contribution >= 0.6 is 0 Å². The Morgan fingerprint density at radius 2 is 1.87 bits per heavy atom. The molecule has 0 aliphatic carbocycles. The molecule has 0 radical (unpaired) electrons. The van der Waals surface area contributed by atoms with E-state index in [4.69, 9.17) is 15.3 Å². The first-order valence-corrected chi connectivity index (χ1v) is 4.19. The van der Waals surface area contributed by atoms with Gasteiger partial charge in [-0.1, -0.05) is 24.3 Å². The molecule has 0 saturated carbocycles. The molecule has 0 aliphatic rings. The number of benzene rings is 1. The van der Waals surface area contributed by atoms with Crippen LogP contribution in [-0.4, -0.2) is 21.3 Å². The number of phenols is 2. The first-order chi connectivity index (χ1) is 7.09. The third kappa shape index (κ3) is 3.56. The lowest BCUT2D eigenvalue weighted by atomic mass is 10.2. The van der Waals surface area contributed by atoms with E-state index < -0.39 is 5.97 Å². The third-order valence-corrected chi connectivity index (χ3v) is 1.64. The van der Waals surface area contributed by atoms with Gasteiger partial charge in [0.25, 0.3) is 0 Å². The molecule has 0 aliphatic heterocycles. The predicted molar refractivity (Wildman–Crippen MR) is 55.6 cm³/mol. The molecule has 15 heavy (non-hydrogen) atoms. The minimum atomic E-state index is -1.02. The summed E-state index contributed by atoms with van der Waals surface area (Å²) in [6.45, 7) is 0. The summed E-state index contributed by atoms with van der Waals surface area (Å²) >= 11 is 0. The molecule has 1 rings (SSSR count). The number of rotatable bonds is 3. The van der Waals surface area contributed by atoms with Crippen molar-refractivity contribution < 1.29 is 20.1 Å². The second-order valence-corrected chi connectivity index (χ2v) is 2.80. The van der Waals surface area contributed by atoms with Gasteiger partial charge in [-0.25, -0.2) is 4.79 Å². The van der Waals surface area contributed by atoms with Crippen molar-refractivity contribution in [1.29, 1.82) is 0 Å². The van der Waals surface area contributed by atoms with E-state index >= 15 is 0 Å². The van der Waals surface area contributed by atoms with Crippen LogP contribution in [0.3, 0.4) is 0 Å². The zero-order valence-corrected chi connectivity index (χ0v) is 7.79. The van der Waals surface area contributed by atoms with Gasteiger partial charge in [0.05, 0.1) is 0 Å². The molecule has 0 saturated heterocycles. The van der Waals surface area contributed by atoms with Gasteiger partial charge in [-0.2, -0.15) is 0 Å². The fourth-order valence-electron chi connectivity index (χ4n) is 0.949. The van der Waals surface area contributed by atoms with Gasteiger partial charge in [0.2, 0.25) is 0 Å². The highest BCUT2D eigenvalue weighted by Crippen LogP contribution is 2.25. The van der Waals surface area contributed by atoms with Crippen LogP contribution in [0.25, 0.3) is 6.08 Å². The zero-order chi connectivity index (χ0) is 11.3. The molecule has 0 heterocycles. The minimum absolute atomic E-state index is 0.187. The smallest absolute Gasteiger partial charge is 0.328 e. The molecule has 78 valence electrons. The van der Waals surface area contributed by atoms with Crippen molar-refractivity contribution in [2.45, 2.75) is 0 Å². The van der Waals surface area contributed by atoms with E-state index in [1.807, 2.05) is 0 Å². The number of hydrogen-bond donors (Lipinski definition) is 3. The van der Waals surface area contributed by atoms with Gasteiger partial charge in [-0.3, -0.25) is 0 Å². The molecule has 4 heteroatoms. The number of phenolic OH excluding ortho intramolecular Hbond substituents is 2. The van der Waals surface area contributed by atoms with Crippen LogP contribution in [-0.2, 0) is 4.79 Å². The second-order valence-electron chi connectivity index (χ2n) is 2.80. The number of hydrogen-bond acceptors (Lipinski definition) is 3. The SMILES string of the molecule is O=C(O)/C=C/C=C/c1ccc(O)c(O)c1. The number of aliphatic carboxylic acids is 1. The van der Waals surface area contributed by atoms with Gasteiger partial charge in [-0.05, 0) is 17.7 Å². The molecule has 3 N–H and O–H groups in total. The molecule has 0 bridgehead atoms. The van der Waals surface area contributed by atoms with Crippen LogP contribution in [0.1, 0.15) is 5.56 Å². The summed E-state index contributed by atoms with van der Waals surface area (Å²) in [6.07, 6.45) is 5.50. The second kappa shape index (κ2) is 4.85. The summed E-state index contributed by atoms with van der Waals surface area (Å²) in [5.74, 6) is -1.42. The van der Waals surface area contributed by atoms with Crippen LogP contribution < -0.4 is 0 Å². The summed E-state index contributed by atoms with van der Waals surface area (Å²) in [5, 5.41) is 26.5. The molecule has 1 aromatic carbocycles. The normalized spacial score (nSPS) is 11.2. The highest BCUT2D eigenvalue weighted by Gasteiger charge is 1.96. The van der Waals surface area contributed by atoms with Gasteiger partial charge >= 0.3 is 5.97 Å². The molecule has 0 aromatic heterocycles. The quantitative estimate of drug-likeness (QED) is 0.400. The van der Waals surface area contributed by atoms with Crippen molar-refractivity contribution in [3.63, 3.8) is 0 Å². The van der Waals surface area contributed by atoms with Crippen LogP contribution in [0.4, 0.5) is 0 Å². The van der Waals surface area contributed by atoms with E-state index in [9.17, 15) is 4.79 Å². The van der Waals surface area contributed by atoms with Crippen LogP contribution in [0.2, 0.25) is 0 Å². The number of carboxylic acid groups (broad SMARTS) is 1. The first-order valence-electron chi connectivity index (χ1n) is 4.19. The Kier molecular flexibility index (Phi) is 3.51. The number of aromatic hydroxyl groups is 2. The monoisotopic (exact) mass is 206 g/mol. The molecule has 0 fully saturated rings. The van der Waals surface area contributed by atoms with E-state index in [1.54, 1.807) is 12.1 Å². The molecule has 0 unspecified atom stereocenters. The predicted octanol–water partition coefficient (Wildman–Crippen LogP) is 1.75. The van der Waals surface area contributed by atoms with E-state index in [1.165, 1.54) is 24.3 Å². The summed E-state index contributed by atoms with van der Waals surface area (Å²) in [4.78, 5) is 10.1. The highest BCUT2D eigenvalue weighted by atomic mass is 16.4. The van der Waals surface area contributed by atoms with E-state index in [-0.39, 0.29) is 11.5 Å². The average molecular weight is 206 g/mol. The van der Waals surface area contributed by atoms with Crippen molar-refractivity contribution in [2.75, 3.05) is 0 Å². The Hall–Kier alpha value is -2.23. The summed E-state index contributed by atoms with van der Waals surface area (Å²) in [7, 11) is 0. The number of allylic oxidation sites excluding steroid dienone is 2. The Bertz CT molecular complexity index is 419. The van der Waals surface area contributed by atoms with Crippen LogP contribution in [0, 0.1) is 0 Å². The zero-order valence-electron chi connectivity index (χ0n) is 7.79. The molecule has 0 atom stereocenters. The van der Waals surface area contributed by atoms with Gasteiger partial charge in [0, 0.05) is 6.08 Å². The molecular formula is C11H10O4. The van der Waals surface area contributed by atoms with Crippen molar-refractivity contribution in [1.82, 2.24) is 0 Å². The topological polar surface area (TPSA) is 77.8 Å². The number of carboxylic acids is 1. The number of carbonyl (C=O) groups is 1. The van der Waals surface area contributed by atoms with Gasteiger partial charge in [-0.15, -0.1) is 0 Å². The van der Waals surface area contributed by atoms with Crippen molar-refractivity contribution in [2.24, 2.45) is 0 Å². The molecule has 4 nitrogen and oxygen atoms in total. The van der Waals surface area contributed by atoms with Gasteiger partial charge in [0.1, 0.15) is 0 Å². The third-order valence-electron chi connectivity index (χ3n) is 1.64. The van der Waals surface area contributed by atoms with E-state index in [2.05, 4.69) is 0 Å². The molecule has 1 aromatic rings. The lowest BCUT2D eigenvalue weighted by Crippen LogP contribution is -1.84. The Morgan fingerprint density at radius 3 is 2.47 bits per heavy atom. The van der Waals surface area contributed by atoms with E-state index in [0.717, 1.165) is 6.08 Å². The largest absolute Gasteiger partial charge is 0.504 e. The van der Waals surface area contributed by atoms with Crippen LogP contribution in [0.5, 0.6) is 11.5 Å². The van der Waals surface area contributed by atoms with Gasteiger partial charge < -0.3 is 15.3 Å². The maximum Gasteiger partial charge on any atom is 0.328 e. The average Bonchev–Trinajstić information content (AvgIpc) is 2.18. The summed E-state index contributed by atoms with van der Waals surface area (Å²) in [5.41, 5.74) is 0.667. The fraction of sp³-hybridized carbons (Fsp3) is 0. The highest BCUT2D eigenvalue weighted by molar-refractivity contribution is 5.80. The molecule has 0 spiro atoms. The lowest BCUT2D eigenvalue weighted by Gasteiger charge is -1.97.